The molecule has 5 heteroatoms. The van der Waals surface area contributed by atoms with Gasteiger partial charge in [-0.2, -0.15) is 0 Å². The predicted octanol–water partition coefficient (Wildman–Crippen LogP) is 5.23. The van der Waals surface area contributed by atoms with Gasteiger partial charge in [-0.1, -0.05) is 31.4 Å². The zero-order chi connectivity index (χ0) is 21.6. The molecule has 1 aliphatic heterocycles. The van der Waals surface area contributed by atoms with Crippen molar-refractivity contribution < 1.29 is 13.2 Å². The van der Waals surface area contributed by atoms with E-state index in [-0.39, 0.29) is 17.5 Å². The minimum atomic E-state index is -2.88. The largest absolute Gasteiger partial charge is 0.372 e. The van der Waals surface area contributed by atoms with Crippen LogP contribution in [0.15, 0.2) is 12.1 Å². The van der Waals surface area contributed by atoms with Gasteiger partial charge in [0.05, 0.1) is 23.2 Å². The number of aryl methyl sites for hydroxylation is 3. The average Bonchev–Trinajstić information content (AvgIpc) is 2.59. The Morgan fingerprint density at radius 1 is 0.966 bits per heavy atom. The fourth-order valence-corrected chi connectivity index (χ4v) is 5.53. The van der Waals surface area contributed by atoms with E-state index in [4.69, 9.17) is 4.74 Å². The minimum absolute atomic E-state index is 0.249. The number of rotatable bonds is 10. The van der Waals surface area contributed by atoms with Gasteiger partial charge < -0.3 is 9.64 Å². The molecule has 0 amide bonds. The molecule has 0 bridgehead atoms. The Morgan fingerprint density at radius 3 is 2.03 bits per heavy atom. The van der Waals surface area contributed by atoms with E-state index in [1.807, 2.05) is 0 Å². The normalized spacial score (nSPS) is 20.4. The van der Waals surface area contributed by atoms with Crippen LogP contribution in [0, 0.1) is 13.8 Å². The fraction of sp³-hybridized carbons (Fsp3) is 0.750. The van der Waals surface area contributed by atoms with Gasteiger partial charge in [-0.25, -0.2) is 8.42 Å². The Bertz CT molecular complexity index is 724. The van der Waals surface area contributed by atoms with Gasteiger partial charge in [-0.15, -0.1) is 0 Å². The van der Waals surface area contributed by atoms with Gasteiger partial charge in [0.15, 0.2) is 9.84 Å². The molecular formula is C24H41NO3S. The quantitative estimate of drug-likeness (QED) is 0.483. The molecule has 0 aliphatic carbocycles. The second-order valence-corrected chi connectivity index (χ2v) is 11.9. The third kappa shape index (κ3) is 7.29. The lowest BCUT2D eigenvalue weighted by Gasteiger charge is -2.38. The lowest BCUT2D eigenvalue weighted by atomic mass is 9.98. The van der Waals surface area contributed by atoms with Gasteiger partial charge in [0, 0.05) is 18.8 Å². The summed E-state index contributed by atoms with van der Waals surface area (Å²) in [5, 5.41) is -0.249. The summed E-state index contributed by atoms with van der Waals surface area (Å²) >= 11 is 0. The number of unbranched alkanes of at least 4 members (excludes halogenated alkanes) is 4. The summed E-state index contributed by atoms with van der Waals surface area (Å²) in [6.07, 6.45) is 6.90. The van der Waals surface area contributed by atoms with Crippen molar-refractivity contribution in [3.63, 3.8) is 0 Å². The van der Waals surface area contributed by atoms with Crippen LogP contribution in [0.2, 0.25) is 0 Å². The zero-order valence-electron chi connectivity index (χ0n) is 19.3. The van der Waals surface area contributed by atoms with Crippen molar-refractivity contribution in [2.75, 3.05) is 23.7 Å². The molecule has 4 nitrogen and oxygen atoms in total. The highest BCUT2D eigenvalue weighted by molar-refractivity contribution is 7.91. The summed E-state index contributed by atoms with van der Waals surface area (Å²) < 4.78 is 29.6. The first-order valence-corrected chi connectivity index (χ1v) is 13.0. The molecule has 0 aromatic heterocycles. The van der Waals surface area contributed by atoms with Gasteiger partial charge in [0.25, 0.3) is 0 Å². The van der Waals surface area contributed by atoms with Crippen molar-refractivity contribution in [1.82, 2.24) is 0 Å². The number of hydrogen-bond donors (Lipinski definition) is 0. The third-order valence-corrected chi connectivity index (χ3v) is 8.19. The number of anilines is 1. The maximum atomic E-state index is 11.8. The Labute approximate surface area is 178 Å². The second kappa shape index (κ2) is 10.8. The minimum Gasteiger partial charge on any atom is -0.372 e. The fourth-order valence-electron chi connectivity index (χ4n) is 4.45. The van der Waals surface area contributed by atoms with E-state index in [1.54, 1.807) is 13.8 Å². The number of morpholine rings is 1. The standard InChI is InChI=1S/C24H41NO3S/c1-18(2)29(26,27)13-11-9-7-8-10-12-23-14-19(3)24(20(4)15-23)25-16-21(5)28-22(6)17-25/h14-15,18,21-22H,7-13,16-17H2,1-6H3/t21-,22+. The Balaban J connectivity index is 1.79. The van der Waals surface area contributed by atoms with Crippen molar-refractivity contribution in [1.29, 1.82) is 0 Å². The van der Waals surface area contributed by atoms with Crippen molar-refractivity contribution in [2.45, 2.75) is 97.5 Å². The van der Waals surface area contributed by atoms with Gasteiger partial charge >= 0.3 is 0 Å². The summed E-state index contributed by atoms with van der Waals surface area (Å²) in [7, 11) is -2.88. The molecule has 166 valence electrons. The Kier molecular flexibility index (Phi) is 9.02. The molecule has 1 heterocycles. The van der Waals surface area contributed by atoms with E-state index in [9.17, 15) is 8.42 Å². The highest BCUT2D eigenvalue weighted by atomic mass is 32.2. The van der Waals surface area contributed by atoms with Crippen LogP contribution in [0.4, 0.5) is 5.69 Å². The van der Waals surface area contributed by atoms with Gasteiger partial charge in [0.2, 0.25) is 0 Å². The summed E-state index contributed by atoms with van der Waals surface area (Å²) in [6, 6.07) is 4.70. The molecule has 0 spiro atoms. The average molecular weight is 424 g/mol. The molecule has 1 aromatic rings. The highest BCUT2D eigenvalue weighted by Crippen LogP contribution is 2.29. The van der Waals surface area contributed by atoms with Crippen LogP contribution in [0.25, 0.3) is 0 Å². The second-order valence-electron chi connectivity index (χ2n) is 9.17. The third-order valence-electron chi connectivity index (χ3n) is 5.90. The van der Waals surface area contributed by atoms with E-state index < -0.39 is 9.84 Å². The maximum Gasteiger partial charge on any atom is 0.152 e. The number of ether oxygens (including phenoxy) is 1. The number of hydrogen-bond acceptors (Lipinski definition) is 4. The Morgan fingerprint density at radius 2 is 1.48 bits per heavy atom. The molecule has 1 fully saturated rings. The molecule has 2 atom stereocenters. The molecule has 0 radical (unpaired) electrons. The van der Waals surface area contributed by atoms with E-state index in [0.29, 0.717) is 5.75 Å². The van der Waals surface area contributed by atoms with Crippen molar-refractivity contribution in [3.8, 4) is 0 Å². The monoisotopic (exact) mass is 423 g/mol. The molecule has 29 heavy (non-hydrogen) atoms. The van der Waals surface area contributed by atoms with Gasteiger partial charge in [-0.3, -0.25) is 0 Å². The van der Waals surface area contributed by atoms with Crippen molar-refractivity contribution in [3.05, 3.63) is 28.8 Å². The van der Waals surface area contributed by atoms with Crippen molar-refractivity contribution >= 4 is 15.5 Å². The zero-order valence-corrected chi connectivity index (χ0v) is 20.1. The van der Waals surface area contributed by atoms with E-state index in [2.05, 4.69) is 44.7 Å². The number of benzene rings is 1. The number of nitrogens with zero attached hydrogens (tertiary/aromatic N) is 1. The van der Waals surface area contributed by atoms with Crippen LogP contribution in [0.3, 0.4) is 0 Å². The summed E-state index contributed by atoms with van der Waals surface area (Å²) in [5.41, 5.74) is 5.52. The van der Waals surface area contributed by atoms with Gasteiger partial charge in [0.1, 0.15) is 0 Å². The van der Waals surface area contributed by atoms with Crippen LogP contribution in [0.5, 0.6) is 0 Å². The van der Waals surface area contributed by atoms with Crippen LogP contribution < -0.4 is 4.90 Å². The lowest BCUT2D eigenvalue weighted by Crippen LogP contribution is -2.46. The number of sulfone groups is 1. The first-order valence-electron chi connectivity index (χ1n) is 11.3. The van der Waals surface area contributed by atoms with Crippen LogP contribution in [0.1, 0.15) is 76.5 Å². The molecule has 1 saturated heterocycles. The smallest absolute Gasteiger partial charge is 0.152 e. The van der Waals surface area contributed by atoms with E-state index in [0.717, 1.165) is 38.8 Å². The van der Waals surface area contributed by atoms with E-state index >= 15 is 0 Å². The molecule has 0 N–H and O–H groups in total. The first kappa shape index (κ1) is 24.2. The van der Waals surface area contributed by atoms with Crippen LogP contribution in [-0.4, -0.2) is 44.7 Å². The maximum absolute atomic E-state index is 11.8. The highest BCUT2D eigenvalue weighted by Gasteiger charge is 2.24. The van der Waals surface area contributed by atoms with Gasteiger partial charge in [-0.05, 0) is 77.5 Å². The molecule has 2 rings (SSSR count). The van der Waals surface area contributed by atoms with E-state index in [1.165, 1.54) is 35.2 Å². The first-order chi connectivity index (χ1) is 13.6. The molecular weight excluding hydrogens is 382 g/mol. The van der Waals surface area contributed by atoms with Crippen molar-refractivity contribution in [2.24, 2.45) is 0 Å². The lowest BCUT2D eigenvalue weighted by molar-refractivity contribution is -0.00527. The molecule has 1 aliphatic rings. The SMILES string of the molecule is Cc1cc(CCCCCCCS(=O)(=O)C(C)C)cc(C)c1N1C[C@@H](C)O[C@@H](C)C1. The summed E-state index contributed by atoms with van der Waals surface area (Å²) in [5.74, 6) is 0.337. The van der Waals surface area contributed by atoms with Crippen LogP contribution >= 0.6 is 0 Å². The molecule has 0 saturated carbocycles. The molecule has 1 aromatic carbocycles. The summed E-state index contributed by atoms with van der Waals surface area (Å²) in [4.78, 5) is 2.48. The predicted molar refractivity (Wildman–Crippen MR) is 124 cm³/mol. The topological polar surface area (TPSA) is 46.6 Å². The van der Waals surface area contributed by atoms with Crippen LogP contribution in [-0.2, 0) is 21.0 Å². The Hall–Kier alpha value is -1.07. The molecule has 0 unspecified atom stereocenters. The summed E-state index contributed by atoms with van der Waals surface area (Å²) in [6.45, 7) is 14.2.